The van der Waals surface area contributed by atoms with E-state index in [-0.39, 0.29) is 17.2 Å². The Balaban J connectivity index is 1.45. The van der Waals surface area contributed by atoms with Crippen molar-refractivity contribution in [1.29, 1.82) is 0 Å². The molecule has 0 unspecified atom stereocenters. The zero-order valence-corrected chi connectivity index (χ0v) is 18.4. The van der Waals surface area contributed by atoms with Crippen LogP contribution in [0.15, 0.2) is 46.9 Å². The van der Waals surface area contributed by atoms with Crippen molar-refractivity contribution in [2.45, 2.75) is 43.8 Å². The van der Waals surface area contributed by atoms with Crippen molar-refractivity contribution in [3.05, 3.63) is 63.3 Å². The second-order valence-corrected chi connectivity index (χ2v) is 9.73. The van der Waals surface area contributed by atoms with Gasteiger partial charge in [-0.2, -0.15) is 0 Å². The fraction of sp³-hybridized carbons (Fsp3) is 0.348. The number of hydrogen-bond donors (Lipinski definition) is 0. The van der Waals surface area contributed by atoms with Crippen LogP contribution in [0, 0.1) is 0 Å². The van der Waals surface area contributed by atoms with Crippen molar-refractivity contribution in [2.24, 2.45) is 0 Å². The molecule has 1 aliphatic heterocycles. The summed E-state index contributed by atoms with van der Waals surface area (Å²) in [7, 11) is 0. The molecule has 5 nitrogen and oxygen atoms in total. The molecule has 0 bridgehead atoms. The predicted molar refractivity (Wildman–Crippen MR) is 124 cm³/mol. The van der Waals surface area contributed by atoms with Gasteiger partial charge in [-0.3, -0.25) is 14.2 Å². The number of benzene rings is 1. The summed E-state index contributed by atoms with van der Waals surface area (Å²) >= 11 is 3.00. The van der Waals surface area contributed by atoms with E-state index >= 15 is 0 Å². The molecule has 0 saturated heterocycles. The molecule has 0 fully saturated rings. The minimum absolute atomic E-state index is 0.000710. The zero-order chi connectivity index (χ0) is 20.7. The molecule has 0 N–H and O–H groups in total. The van der Waals surface area contributed by atoms with Crippen LogP contribution in [0.1, 0.15) is 28.8 Å². The van der Waals surface area contributed by atoms with Crippen LogP contribution in [0.3, 0.4) is 0 Å². The van der Waals surface area contributed by atoms with Crippen LogP contribution in [0.5, 0.6) is 0 Å². The molecule has 30 heavy (non-hydrogen) atoms. The van der Waals surface area contributed by atoms with E-state index in [2.05, 4.69) is 12.6 Å². The number of thioether (sulfide) groups is 1. The highest BCUT2D eigenvalue weighted by Gasteiger charge is 2.26. The second kappa shape index (κ2) is 8.04. The standard InChI is InChI=1S/C23H23N3O2S2/c1-2-12-26-22(28)20-16-8-4-6-10-18(16)30-21(20)24-23(26)29-14-19(27)25-13-11-15-7-3-5-9-17(15)25/h2-3,5,7,9H,1,4,6,8,10-14H2. The van der Waals surface area contributed by atoms with Crippen molar-refractivity contribution in [1.82, 2.24) is 9.55 Å². The van der Waals surface area contributed by atoms with Gasteiger partial charge in [-0.05, 0) is 49.3 Å². The Labute approximate surface area is 183 Å². The number of fused-ring (bicyclic) bond motifs is 4. The third-order valence-corrected chi connectivity index (χ3v) is 8.01. The van der Waals surface area contributed by atoms with Crippen molar-refractivity contribution >= 4 is 44.9 Å². The normalized spacial score (nSPS) is 15.3. The van der Waals surface area contributed by atoms with Crippen molar-refractivity contribution in [3.8, 4) is 0 Å². The highest BCUT2D eigenvalue weighted by molar-refractivity contribution is 7.99. The average Bonchev–Trinajstić information content (AvgIpc) is 3.35. The number of anilines is 1. The number of rotatable bonds is 5. The largest absolute Gasteiger partial charge is 0.311 e. The lowest BCUT2D eigenvalue weighted by molar-refractivity contribution is -0.116. The van der Waals surface area contributed by atoms with E-state index in [9.17, 15) is 9.59 Å². The van der Waals surface area contributed by atoms with Gasteiger partial charge in [0.1, 0.15) is 4.83 Å². The topological polar surface area (TPSA) is 55.2 Å². The fourth-order valence-electron chi connectivity index (χ4n) is 4.42. The number of para-hydroxylation sites is 1. The number of nitrogens with zero attached hydrogens (tertiary/aromatic N) is 3. The first-order valence-corrected chi connectivity index (χ1v) is 12.1. The lowest BCUT2D eigenvalue weighted by Gasteiger charge is -2.17. The van der Waals surface area contributed by atoms with E-state index in [1.54, 1.807) is 22.0 Å². The van der Waals surface area contributed by atoms with Crippen LogP contribution in [0.2, 0.25) is 0 Å². The van der Waals surface area contributed by atoms with Gasteiger partial charge in [0, 0.05) is 23.7 Å². The van der Waals surface area contributed by atoms with Gasteiger partial charge in [0.2, 0.25) is 5.91 Å². The fourth-order valence-corrected chi connectivity index (χ4v) is 6.61. The molecule has 1 amide bonds. The van der Waals surface area contributed by atoms with Crippen LogP contribution in [0.25, 0.3) is 10.2 Å². The van der Waals surface area contributed by atoms with E-state index in [0.717, 1.165) is 41.6 Å². The average molecular weight is 438 g/mol. The number of allylic oxidation sites excluding steroid dienone is 1. The summed E-state index contributed by atoms with van der Waals surface area (Å²) in [4.78, 5) is 35.0. The highest BCUT2D eigenvalue weighted by atomic mass is 32.2. The maximum atomic E-state index is 13.3. The van der Waals surface area contributed by atoms with Crippen LogP contribution in [0.4, 0.5) is 5.69 Å². The Hall–Kier alpha value is -2.38. The van der Waals surface area contributed by atoms with Gasteiger partial charge in [0.05, 0.1) is 11.1 Å². The Morgan fingerprint density at radius 2 is 2.07 bits per heavy atom. The number of hydrogen-bond acceptors (Lipinski definition) is 5. The zero-order valence-electron chi connectivity index (χ0n) is 16.7. The van der Waals surface area contributed by atoms with E-state index in [1.807, 2.05) is 23.1 Å². The molecular weight excluding hydrogens is 414 g/mol. The first kappa shape index (κ1) is 19.6. The number of amides is 1. The molecular formula is C23H23N3O2S2. The van der Waals surface area contributed by atoms with Crippen molar-refractivity contribution < 1.29 is 4.79 Å². The van der Waals surface area contributed by atoms with Crippen LogP contribution >= 0.6 is 23.1 Å². The first-order valence-electron chi connectivity index (χ1n) is 10.3. The predicted octanol–water partition coefficient (Wildman–Crippen LogP) is 4.20. The van der Waals surface area contributed by atoms with Gasteiger partial charge in [-0.25, -0.2) is 4.98 Å². The molecule has 5 rings (SSSR count). The number of aromatic nitrogens is 2. The monoisotopic (exact) mass is 437 g/mol. The van der Waals surface area contributed by atoms with Gasteiger partial charge in [0.15, 0.2) is 5.16 Å². The molecule has 2 aromatic heterocycles. The number of aryl methyl sites for hydroxylation is 2. The summed E-state index contributed by atoms with van der Waals surface area (Å²) in [6.45, 7) is 4.92. The third-order valence-electron chi connectivity index (χ3n) is 5.86. The quantitative estimate of drug-likeness (QED) is 0.341. The number of carbonyl (C=O) groups excluding carboxylic acids is 1. The molecule has 3 heterocycles. The molecule has 2 aliphatic rings. The van der Waals surface area contributed by atoms with Gasteiger partial charge < -0.3 is 4.90 Å². The number of thiophene rings is 1. The summed E-state index contributed by atoms with van der Waals surface area (Å²) in [5.41, 5.74) is 3.41. The Kier molecular flexibility index (Phi) is 5.25. The Bertz CT molecular complexity index is 1210. The minimum Gasteiger partial charge on any atom is -0.311 e. The van der Waals surface area contributed by atoms with E-state index in [4.69, 9.17) is 4.98 Å². The number of carbonyl (C=O) groups is 1. The molecule has 0 spiro atoms. The Morgan fingerprint density at radius 1 is 1.23 bits per heavy atom. The molecule has 0 radical (unpaired) electrons. The summed E-state index contributed by atoms with van der Waals surface area (Å²) in [6, 6.07) is 8.05. The highest BCUT2D eigenvalue weighted by Crippen LogP contribution is 2.35. The SMILES string of the molecule is C=CCn1c(SCC(=O)N2CCc3ccccc32)nc2sc3c(c2c1=O)CCCC3. The molecule has 1 aliphatic carbocycles. The third kappa shape index (κ3) is 3.30. The van der Waals surface area contributed by atoms with Gasteiger partial charge in [-0.15, -0.1) is 17.9 Å². The summed E-state index contributed by atoms with van der Waals surface area (Å²) in [6.07, 6.45) is 6.90. The minimum atomic E-state index is 0.000710. The molecule has 3 aromatic rings. The van der Waals surface area contributed by atoms with E-state index < -0.39 is 0 Å². The van der Waals surface area contributed by atoms with E-state index in [1.165, 1.54) is 34.2 Å². The van der Waals surface area contributed by atoms with Gasteiger partial charge in [0.25, 0.3) is 5.56 Å². The first-order chi connectivity index (χ1) is 14.7. The smallest absolute Gasteiger partial charge is 0.263 e. The lowest BCUT2D eigenvalue weighted by Crippen LogP contribution is -2.31. The Morgan fingerprint density at radius 3 is 2.93 bits per heavy atom. The van der Waals surface area contributed by atoms with Gasteiger partial charge in [-0.1, -0.05) is 36.0 Å². The van der Waals surface area contributed by atoms with E-state index in [0.29, 0.717) is 18.2 Å². The van der Waals surface area contributed by atoms with Gasteiger partial charge >= 0.3 is 0 Å². The maximum Gasteiger partial charge on any atom is 0.263 e. The summed E-state index contributed by atoms with van der Waals surface area (Å²) in [5.74, 6) is 0.309. The van der Waals surface area contributed by atoms with Crippen LogP contribution in [-0.2, 0) is 30.6 Å². The van der Waals surface area contributed by atoms with Crippen molar-refractivity contribution in [3.63, 3.8) is 0 Å². The molecule has 1 aromatic carbocycles. The second-order valence-electron chi connectivity index (χ2n) is 7.70. The van der Waals surface area contributed by atoms with Crippen molar-refractivity contribution in [2.75, 3.05) is 17.2 Å². The van der Waals surface area contributed by atoms with Crippen LogP contribution in [-0.4, -0.2) is 27.8 Å². The summed E-state index contributed by atoms with van der Waals surface area (Å²) in [5, 5.41) is 1.38. The lowest BCUT2D eigenvalue weighted by atomic mass is 9.97. The molecule has 0 atom stereocenters. The maximum absolute atomic E-state index is 13.3. The van der Waals surface area contributed by atoms with Crippen LogP contribution < -0.4 is 10.5 Å². The summed E-state index contributed by atoms with van der Waals surface area (Å²) < 4.78 is 1.67. The molecule has 154 valence electrons. The molecule has 0 saturated carbocycles. The molecule has 7 heteroatoms.